The fourth-order valence-electron chi connectivity index (χ4n) is 2.80. The largest absolute Gasteiger partial charge is 0.387 e. The Morgan fingerprint density at radius 2 is 1.95 bits per heavy atom. The van der Waals surface area contributed by atoms with E-state index in [0.717, 1.165) is 5.92 Å². The number of sulfone groups is 1. The minimum atomic E-state index is -3.05. The predicted octanol–water partition coefficient (Wildman–Crippen LogP) is 1.20. The summed E-state index contributed by atoms with van der Waals surface area (Å²) in [6.45, 7) is 0.990. The minimum Gasteiger partial charge on any atom is -0.387 e. The van der Waals surface area contributed by atoms with Gasteiger partial charge in [-0.1, -0.05) is 24.3 Å². The Kier molecular flexibility index (Phi) is 3.60. The monoisotopic (exact) mass is 295 g/mol. The van der Waals surface area contributed by atoms with Crippen LogP contribution in [0.2, 0.25) is 0 Å². The molecule has 4 nitrogen and oxygen atoms in total. The molecular formula is C15H21NO3S. The van der Waals surface area contributed by atoms with Crippen molar-refractivity contribution in [3.05, 3.63) is 35.4 Å². The van der Waals surface area contributed by atoms with Gasteiger partial charge in [-0.25, -0.2) is 8.42 Å². The van der Waals surface area contributed by atoms with Crippen molar-refractivity contribution in [3.8, 4) is 0 Å². The van der Waals surface area contributed by atoms with E-state index in [1.54, 1.807) is 0 Å². The summed E-state index contributed by atoms with van der Waals surface area (Å²) in [4.78, 5) is 0. The molecule has 1 saturated carbocycles. The molecule has 2 aliphatic rings. The molecule has 1 saturated heterocycles. The Hall–Kier alpha value is -0.910. The first-order valence-corrected chi connectivity index (χ1v) is 9.00. The van der Waals surface area contributed by atoms with Crippen LogP contribution in [0.15, 0.2) is 24.3 Å². The fraction of sp³-hybridized carbons (Fsp3) is 0.600. The minimum absolute atomic E-state index is 0.0985. The molecule has 1 aliphatic carbocycles. The van der Waals surface area contributed by atoms with Gasteiger partial charge in [0.2, 0.25) is 0 Å². The molecule has 1 unspecified atom stereocenters. The molecule has 110 valence electrons. The van der Waals surface area contributed by atoms with Crippen LogP contribution in [0.1, 0.15) is 36.3 Å². The highest BCUT2D eigenvalue weighted by atomic mass is 32.2. The van der Waals surface area contributed by atoms with Crippen LogP contribution in [0.5, 0.6) is 0 Å². The van der Waals surface area contributed by atoms with Crippen LogP contribution < -0.4 is 5.32 Å². The molecular weight excluding hydrogens is 274 g/mol. The van der Waals surface area contributed by atoms with E-state index < -0.39 is 15.4 Å². The summed E-state index contributed by atoms with van der Waals surface area (Å²) in [6, 6.07) is 8.55. The van der Waals surface area contributed by atoms with Crippen LogP contribution in [0.3, 0.4) is 0 Å². The van der Waals surface area contributed by atoms with Gasteiger partial charge in [0, 0.05) is 13.1 Å². The zero-order valence-corrected chi connectivity index (χ0v) is 12.3. The van der Waals surface area contributed by atoms with Gasteiger partial charge < -0.3 is 10.4 Å². The molecule has 0 amide bonds. The molecule has 5 heteroatoms. The third-order valence-electron chi connectivity index (χ3n) is 4.18. The van der Waals surface area contributed by atoms with E-state index in [0.29, 0.717) is 19.5 Å². The third kappa shape index (κ3) is 3.40. The Morgan fingerprint density at radius 1 is 1.25 bits per heavy atom. The molecule has 0 bridgehead atoms. The van der Waals surface area contributed by atoms with Crippen LogP contribution in [0.25, 0.3) is 0 Å². The van der Waals surface area contributed by atoms with Crippen molar-refractivity contribution in [2.24, 2.45) is 0 Å². The lowest BCUT2D eigenvalue weighted by Gasteiger charge is -2.21. The quantitative estimate of drug-likeness (QED) is 0.857. The maximum absolute atomic E-state index is 11.4. The summed E-state index contributed by atoms with van der Waals surface area (Å²) >= 11 is 0. The Morgan fingerprint density at radius 3 is 2.50 bits per heavy atom. The van der Waals surface area contributed by atoms with Crippen molar-refractivity contribution >= 4 is 9.84 Å². The van der Waals surface area contributed by atoms with Crippen LogP contribution in [-0.2, 0) is 16.4 Å². The highest BCUT2D eigenvalue weighted by molar-refractivity contribution is 7.91. The molecule has 3 rings (SSSR count). The third-order valence-corrected chi connectivity index (χ3v) is 5.98. The zero-order valence-electron chi connectivity index (χ0n) is 11.5. The van der Waals surface area contributed by atoms with Crippen LogP contribution in [0.4, 0.5) is 0 Å². The van der Waals surface area contributed by atoms with E-state index in [9.17, 15) is 13.5 Å². The van der Waals surface area contributed by atoms with Gasteiger partial charge in [0.25, 0.3) is 0 Å². The lowest BCUT2D eigenvalue weighted by Crippen LogP contribution is -2.41. The summed E-state index contributed by atoms with van der Waals surface area (Å²) in [5, 5.41) is 13.4. The van der Waals surface area contributed by atoms with Gasteiger partial charge in [0.05, 0.1) is 17.1 Å². The second kappa shape index (κ2) is 5.13. The lowest BCUT2D eigenvalue weighted by molar-refractivity contribution is 0.0670. The van der Waals surface area contributed by atoms with Gasteiger partial charge in [0.15, 0.2) is 9.84 Å². The molecule has 1 aromatic rings. The predicted molar refractivity (Wildman–Crippen MR) is 78.3 cm³/mol. The zero-order chi connectivity index (χ0) is 14.2. The molecule has 1 atom stereocenters. The second-order valence-electron chi connectivity index (χ2n) is 6.19. The molecule has 2 N–H and O–H groups in total. The molecule has 2 fully saturated rings. The van der Waals surface area contributed by atoms with E-state index in [4.69, 9.17) is 0 Å². The number of hydrogen-bond donors (Lipinski definition) is 2. The van der Waals surface area contributed by atoms with E-state index in [1.807, 2.05) is 0 Å². The summed E-state index contributed by atoms with van der Waals surface area (Å²) in [5.41, 5.74) is 1.49. The van der Waals surface area contributed by atoms with Crippen molar-refractivity contribution in [1.82, 2.24) is 5.32 Å². The van der Waals surface area contributed by atoms with Crippen LogP contribution in [0, 0.1) is 0 Å². The van der Waals surface area contributed by atoms with Crippen molar-refractivity contribution < 1.29 is 13.5 Å². The summed E-state index contributed by atoms with van der Waals surface area (Å²) in [7, 11) is -3.05. The standard InChI is InChI=1S/C15H21NO3S/c17-15(7-8-20(18,19)11-15)10-16-9-12-1-3-13(4-2-12)14-5-6-14/h1-4,14,16-17H,5-11H2. The topological polar surface area (TPSA) is 66.4 Å². The molecule has 0 spiro atoms. The number of hydrogen-bond acceptors (Lipinski definition) is 4. The van der Waals surface area contributed by atoms with Gasteiger partial charge in [-0.15, -0.1) is 0 Å². The maximum atomic E-state index is 11.4. The van der Waals surface area contributed by atoms with Gasteiger partial charge in [-0.2, -0.15) is 0 Å². The second-order valence-corrected chi connectivity index (χ2v) is 8.37. The van der Waals surface area contributed by atoms with Crippen molar-refractivity contribution in [1.29, 1.82) is 0 Å². The van der Waals surface area contributed by atoms with Gasteiger partial charge in [-0.05, 0) is 36.3 Å². The molecule has 0 aromatic heterocycles. The number of nitrogens with one attached hydrogen (secondary N) is 1. The summed E-state index contributed by atoms with van der Waals surface area (Å²) in [6.07, 6.45) is 2.95. The van der Waals surface area contributed by atoms with Gasteiger partial charge >= 0.3 is 0 Å². The van der Waals surface area contributed by atoms with E-state index >= 15 is 0 Å². The molecule has 1 aromatic carbocycles. The van der Waals surface area contributed by atoms with Crippen molar-refractivity contribution in [2.75, 3.05) is 18.1 Å². The number of aliphatic hydroxyl groups is 1. The fourth-order valence-corrected chi connectivity index (χ4v) is 4.70. The molecule has 1 aliphatic heterocycles. The van der Waals surface area contributed by atoms with Crippen molar-refractivity contribution in [3.63, 3.8) is 0 Å². The Balaban J connectivity index is 1.50. The normalized spacial score (nSPS) is 28.6. The van der Waals surface area contributed by atoms with Crippen molar-refractivity contribution in [2.45, 2.75) is 37.3 Å². The van der Waals surface area contributed by atoms with Crippen LogP contribution >= 0.6 is 0 Å². The maximum Gasteiger partial charge on any atom is 0.153 e. The average Bonchev–Trinajstić information content (AvgIpc) is 3.18. The van der Waals surface area contributed by atoms with Gasteiger partial charge in [0.1, 0.15) is 0 Å². The highest BCUT2D eigenvalue weighted by Crippen LogP contribution is 2.39. The molecule has 1 heterocycles. The molecule has 0 radical (unpaired) electrons. The van der Waals surface area contributed by atoms with E-state index in [-0.39, 0.29) is 11.5 Å². The van der Waals surface area contributed by atoms with E-state index in [1.165, 1.54) is 24.0 Å². The van der Waals surface area contributed by atoms with E-state index in [2.05, 4.69) is 29.6 Å². The summed E-state index contributed by atoms with van der Waals surface area (Å²) in [5.74, 6) is 0.746. The van der Waals surface area contributed by atoms with Gasteiger partial charge in [-0.3, -0.25) is 0 Å². The number of benzene rings is 1. The summed E-state index contributed by atoms with van der Waals surface area (Å²) < 4.78 is 22.8. The smallest absolute Gasteiger partial charge is 0.153 e. The highest BCUT2D eigenvalue weighted by Gasteiger charge is 2.40. The van der Waals surface area contributed by atoms with Crippen LogP contribution in [-0.4, -0.2) is 37.2 Å². The Labute approximate surface area is 120 Å². The average molecular weight is 295 g/mol. The first-order chi connectivity index (χ1) is 9.46. The number of rotatable bonds is 5. The first-order valence-electron chi connectivity index (χ1n) is 7.18. The SMILES string of the molecule is O=S1(=O)CCC(O)(CNCc2ccc(C3CC3)cc2)C1. The Bertz CT molecular complexity index is 578. The molecule has 20 heavy (non-hydrogen) atoms. The first kappa shape index (κ1) is 14.0. The lowest BCUT2D eigenvalue weighted by atomic mass is 10.0.